The maximum atomic E-state index is 10.1. The zero-order valence-electron chi connectivity index (χ0n) is 6.57. The van der Waals surface area contributed by atoms with E-state index in [2.05, 4.69) is 5.92 Å². The van der Waals surface area contributed by atoms with E-state index >= 15 is 0 Å². The van der Waals surface area contributed by atoms with Crippen molar-refractivity contribution >= 4 is 24.1 Å². The lowest BCUT2D eigenvalue weighted by molar-refractivity contribution is 0.516. The molecular formula is C7H11O2PS. The summed E-state index contributed by atoms with van der Waals surface area (Å²) in [4.78, 5) is 10.1. The Balaban J connectivity index is 3.97. The van der Waals surface area contributed by atoms with Gasteiger partial charge in [0.1, 0.15) is 6.11 Å². The third-order valence-corrected chi connectivity index (χ3v) is 5.08. The maximum absolute atomic E-state index is 10.1. The van der Waals surface area contributed by atoms with Crippen LogP contribution in [0.4, 0.5) is 0 Å². The highest BCUT2D eigenvalue weighted by Gasteiger charge is 2.12. The quantitative estimate of drug-likeness (QED) is 0.419. The van der Waals surface area contributed by atoms with Crippen molar-refractivity contribution in [3.63, 3.8) is 0 Å². The molecule has 62 valence electrons. The van der Waals surface area contributed by atoms with E-state index in [9.17, 15) is 4.79 Å². The first-order valence-electron chi connectivity index (χ1n) is 3.24. The molecule has 0 bridgehead atoms. The Morgan fingerprint density at radius 3 is 2.82 bits per heavy atom. The lowest BCUT2D eigenvalue weighted by Gasteiger charge is -2.12. The molecule has 11 heavy (non-hydrogen) atoms. The summed E-state index contributed by atoms with van der Waals surface area (Å²) in [6, 6.07) is 0. The number of hydrogen-bond acceptors (Lipinski definition) is 3. The third kappa shape index (κ3) is 4.29. The van der Waals surface area contributed by atoms with E-state index in [0.717, 1.165) is 12.0 Å². The van der Waals surface area contributed by atoms with E-state index in [1.54, 1.807) is 0 Å². The predicted molar refractivity (Wildman–Crippen MR) is 51.0 cm³/mol. The summed E-state index contributed by atoms with van der Waals surface area (Å²) in [5.74, 6) is 2.67. The van der Waals surface area contributed by atoms with Gasteiger partial charge < -0.3 is 5.11 Å². The lowest BCUT2D eigenvalue weighted by Crippen LogP contribution is -1.97. The summed E-state index contributed by atoms with van der Waals surface area (Å²) >= 11 is 1.27. The zero-order valence-corrected chi connectivity index (χ0v) is 8.28. The minimum atomic E-state index is -0.435. The molecule has 0 spiro atoms. The molecule has 0 aromatic rings. The topological polar surface area (TPSA) is 37.3 Å². The number of rotatable bonds is 4. The highest BCUT2D eigenvalue weighted by Crippen LogP contribution is 2.49. The largest absolute Gasteiger partial charge is 0.462 e. The van der Waals surface area contributed by atoms with Gasteiger partial charge in [-0.25, -0.2) is 0 Å². The standard InChI is InChI=1S/C7H11O2PS/c1-3-7(4-5-8)10(2)11-6-9/h6-8H,3H2,1-2H3/t7-,10?/m0/s1. The van der Waals surface area contributed by atoms with Gasteiger partial charge in [0.05, 0.1) is 5.66 Å². The van der Waals surface area contributed by atoms with E-state index in [1.807, 2.05) is 19.7 Å². The molecule has 0 aliphatic carbocycles. The first kappa shape index (κ1) is 10.8. The summed E-state index contributed by atoms with van der Waals surface area (Å²) in [5.41, 5.74) is 1.01. The fourth-order valence-corrected chi connectivity index (χ4v) is 3.16. The average molecular weight is 190 g/mol. The van der Waals surface area contributed by atoms with Gasteiger partial charge in [-0.15, -0.1) is 0 Å². The van der Waals surface area contributed by atoms with Crippen LogP contribution in [0.15, 0.2) is 0 Å². The predicted octanol–water partition coefficient (Wildman–Crippen LogP) is 2.05. The molecule has 0 aromatic carbocycles. The van der Waals surface area contributed by atoms with Crippen molar-refractivity contribution in [3.05, 3.63) is 0 Å². The van der Waals surface area contributed by atoms with Crippen molar-refractivity contribution in [2.75, 3.05) is 6.66 Å². The van der Waals surface area contributed by atoms with Gasteiger partial charge >= 0.3 is 0 Å². The van der Waals surface area contributed by atoms with Gasteiger partial charge in [0, 0.05) is 0 Å². The van der Waals surface area contributed by atoms with Crippen molar-refractivity contribution in [2.45, 2.75) is 19.0 Å². The lowest BCUT2D eigenvalue weighted by atomic mass is 10.3. The monoisotopic (exact) mass is 190 g/mol. The smallest absolute Gasteiger partial charge is 0.180 e. The molecule has 1 N–H and O–H groups in total. The van der Waals surface area contributed by atoms with E-state index in [-0.39, 0.29) is 5.66 Å². The molecule has 0 aliphatic rings. The minimum absolute atomic E-state index is 0.171. The molecule has 0 aromatic heterocycles. The molecule has 0 saturated heterocycles. The van der Waals surface area contributed by atoms with E-state index < -0.39 is 7.12 Å². The Morgan fingerprint density at radius 1 is 1.82 bits per heavy atom. The second-order valence-electron chi connectivity index (χ2n) is 1.93. The SMILES string of the molecule is CC[C@@H](C#CO)P(C)SC=O. The van der Waals surface area contributed by atoms with Crippen LogP contribution in [0.25, 0.3) is 0 Å². The molecule has 0 aliphatic heterocycles. The number of carbonyl (C=O) groups is 1. The first-order chi connectivity index (χ1) is 5.26. The van der Waals surface area contributed by atoms with Gasteiger partial charge in [-0.2, -0.15) is 0 Å². The molecule has 1 unspecified atom stereocenters. The third-order valence-electron chi connectivity index (χ3n) is 1.27. The van der Waals surface area contributed by atoms with Crippen molar-refractivity contribution in [3.8, 4) is 12.0 Å². The van der Waals surface area contributed by atoms with Crippen LogP contribution in [0.5, 0.6) is 0 Å². The molecular weight excluding hydrogens is 179 g/mol. The Bertz CT molecular complexity index is 173. The molecule has 0 heterocycles. The molecule has 0 rings (SSSR count). The fourth-order valence-electron chi connectivity index (χ4n) is 0.666. The van der Waals surface area contributed by atoms with Crippen LogP contribution in [-0.2, 0) is 4.79 Å². The van der Waals surface area contributed by atoms with Crippen LogP contribution in [0.1, 0.15) is 13.3 Å². The van der Waals surface area contributed by atoms with Crippen LogP contribution in [-0.4, -0.2) is 23.0 Å². The Morgan fingerprint density at radius 2 is 2.45 bits per heavy atom. The summed E-state index contributed by atoms with van der Waals surface area (Å²) < 4.78 is 0. The van der Waals surface area contributed by atoms with Gasteiger partial charge in [-0.3, -0.25) is 4.79 Å². The Labute approximate surface area is 72.3 Å². The molecule has 4 heteroatoms. The number of aliphatic hydroxyl groups is 1. The van der Waals surface area contributed by atoms with Crippen LogP contribution in [0, 0.1) is 12.0 Å². The second kappa shape index (κ2) is 6.52. The normalized spacial score (nSPS) is 14.4. The Hall–Kier alpha value is -0.190. The zero-order chi connectivity index (χ0) is 8.69. The summed E-state index contributed by atoms with van der Waals surface area (Å²) in [6.07, 6.45) is 2.78. The van der Waals surface area contributed by atoms with Crippen molar-refractivity contribution in [1.82, 2.24) is 0 Å². The van der Waals surface area contributed by atoms with Crippen LogP contribution in [0.2, 0.25) is 0 Å². The highest BCUT2D eigenvalue weighted by molar-refractivity contribution is 8.62. The van der Waals surface area contributed by atoms with Crippen molar-refractivity contribution < 1.29 is 9.90 Å². The molecule has 0 amide bonds. The summed E-state index contributed by atoms with van der Waals surface area (Å²) in [7, 11) is -0.435. The van der Waals surface area contributed by atoms with Gasteiger partial charge in [0.2, 0.25) is 0 Å². The van der Waals surface area contributed by atoms with Gasteiger partial charge in [-0.1, -0.05) is 24.2 Å². The van der Waals surface area contributed by atoms with Crippen LogP contribution >= 0.6 is 18.5 Å². The maximum Gasteiger partial charge on any atom is 0.180 e. The Kier molecular flexibility index (Phi) is 6.40. The first-order valence-corrected chi connectivity index (χ1v) is 6.58. The van der Waals surface area contributed by atoms with E-state index in [4.69, 9.17) is 5.11 Å². The van der Waals surface area contributed by atoms with Crippen molar-refractivity contribution in [2.24, 2.45) is 0 Å². The highest BCUT2D eigenvalue weighted by atomic mass is 32.7. The van der Waals surface area contributed by atoms with Gasteiger partial charge in [0.25, 0.3) is 0 Å². The van der Waals surface area contributed by atoms with Crippen molar-refractivity contribution in [1.29, 1.82) is 0 Å². The average Bonchev–Trinajstić information content (AvgIpc) is 2.00. The van der Waals surface area contributed by atoms with E-state index in [0.29, 0.717) is 0 Å². The fraction of sp³-hybridized carbons (Fsp3) is 0.571. The molecule has 0 radical (unpaired) electrons. The minimum Gasteiger partial charge on any atom is -0.462 e. The molecule has 0 saturated carbocycles. The second-order valence-corrected chi connectivity index (χ2v) is 6.41. The van der Waals surface area contributed by atoms with Crippen LogP contribution < -0.4 is 0 Å². The number of aliphatic hydroxyl groups excluding tert-OH is 1. The van der Waals surface area contributed by atoms with Crippen LogP contribution in [0.3, 0.4) is 0 Å². The summed E-state index contributed by atoms with van der Waals surface area (Å²) in [5, 5.41) is 8.34. The molecule has 2 nitrogen and oxygen atoms in total. The molecule has 2 atom stereocenters. The molecule has 0 fully saturated rings. The number of carbonyl (C=O) groups excluding carboxylic acids is 1. The summed E-state index contributed by atoms with van der Waals surface area (Å²) in [6.45, 7) is 3.99. The van der Waals surface area contributed by atoms with Gasteiger partial charge in [0.15, 0.2) is 5.62 Å². The number of hydrogen-bond donors (Lipinski definition) is 1. The van der Waals surface area contributed by atoms with E-state index in [1.165, 1.54) is 11.4 Å². The van der Waals surface area contributed by atoms with Gasteiger partial charge in [-0.05, 0) is 20.2 Å².